The first-order chi connectivity index (χ1) is 13.4. The molecule has 8 nitrogen and oxygen atoms in total. The lowest BCUT2D eigenvalue weighted by atomic mass is 10.1. The maximum atomic E-state index is 11.1. The summed E-state index contributed by atoms with van der Waals surface area (Å²) in [4.78, 5) is 6.77. The molecule has 0 bridgehead atoms. The van der Waals surface area contributed by atoms with E-state index < -0.39 is 10.0 Å². The third-order valence-corrected chi connectivity index (χ3v) is 5.51. The van der Waals surface area contributed by atoms with E-state index in [9.17, 15) is 8.42 Å². The lowest BCUT2D eigenvalue weighted by Gasteiger charge is -2.29. The molecule has 0 spiro atoms. The van der Waals surface area contributed by atoms with Gasteiger partial charge in [0.05, 0.1) is 19.4 Å². The van der Waals surface area contributed by atoms with Gasteiger partial charge >= 0.3 is 0 Å². The van der Waals surface area contributed by atoms with Crippen molar-refractivity contribution < 1.29 is 13.2 Å². The zero-order chi connectivity index (χ0) is 20.4. The van der Waals surface area contributed by atoms with E-state index in [1.165, 1.54) is 24.7 Å². The van der Waals surface area contributed by atoms with E-state index in [4.69, 9.17) is 4.74 Å². The summed E-state index contributed by atoms with van der Waals surface area (Å²) in [5, 5.41) is 6.64. The molecule has 1 atom stereocenters. The Morgan fingerprint density at radius 2 is 1.86 bits per heavy atom. The highest BCUT2D eigenvalue weighted by Crippen LogP contribution is 2.26. The van der Waals surface area contributed by atoms with Gasteiger partial charge in [0.25, 0.3) is 0 Å². The number of aliphatic imine (C=N–C) groups is 1. The van der Waals surface area contributed by atoms with Gasteiger partial charge in [-0.2, -0.15) is 0 Å². The molecule has 158 valence electrons. The van der Waals surface area contributed by atoms with Crippen molar-refractivity contribution in [3.63, 3.8) is 0 Å². The van der Waals surface area contributed by atoms with Crippen molar-refractivity contribution in [2.45, 2.75) is 25.3 Å². The molecule has 1 aliphatic rings. The van der Waals surface area contributed by atoms with E-state index in [0.29, 0.717) is 19.5 Å². The lowest BCUT2D eigenvalue weighted by Crippen LogP contribution is -2.43. The third-order valence-electron chi connectivity index (χ3n) is 4.78. The van der Waals surface area contributed by atoms with Gasteiger partial charge in [-0.25, -0.2) is 13.1 Å². The van der Waals surface area contributed by atoms with Crippen molar-refractivity contribution in [1.82, 2.24) is 20.3 Å². The second-order valence-electron chi connectivity index (χ2n) is 6.93. The summed E-state index contributed by atoms with van der Waals surface area (Å²) in [6.07, 6.45) is 4.31. The van der Waals surface area contributed by atoms with Crippen LogP contribution in [0, 0.1) is 0 Å². The Kier molecular flexibility index (Phi) is 9.01. The van der Waals surface area contributed by atoms with Crippen LogP contribution in [0.25, 0.3) is 0 Å². The first-order valence-corrected chi connectivity index (χ1v) is 11.6. The Balaban J connectivity index is 1.88. The van der Waals surface area contributed by atoms with E-state index >= 15 is 0 Å². The number of hydrogen-bond acceptors (Lipinski definition) is 5. The first-order valence-electron chi connectivity index (χ1n) is 9.70. The fourth-order valence-electron chi connectivity index (χ4n) is 3.30. The van der Waals surface area contributed by atoms with Crippen LogP contribution in [0.1, 0.15) is 30.9 Å². The zero-order valence-corrected chi connectivity index (χ0v) is 17.9. The largest absolute Gasteiger partial charge is 0.497 e. The van der Waals surface area contributed by atoms with Crippen LogP contribution >= 0.6 is 0 Å². The molecule has 1 heterocycles. The van der Waals surface area contributed by atoms with Gasteiger partial charge in [0, 0.05) is 26.7 Å². The molecule has 3 N–H and O–H groups in total. The second-order valence-corrected chi connectivity index (χ2v) is 8.76. The first kappa shape index (κ1) is 22.4. The van der Waals surface area contributed by atoms with E-state index in [2.05, 4.69) is 37.4 Å². The average molecular weight is 412 g/mol. The molecule has 1 aromatic carbocycles. The fourth-order valence-corrected chi connectivity index (χ4v) is 3.82. The highest BCUT2D eigenvalue weighted by atomic mass is 32.2. The number of nitrogens with zero attached hydrogens (tertiary/aromatic N) is 2. The molecular weight excluding hydrogens is 378 g/mol. The number of likely N-dealkylation sites (tertiary alicyclic amines) is 1. The molecule has 0 aliphatic carbocycles. The van der Waals surface area contributed by atoms with Crippen LogP contribution in [0.3, 0.4) is 0 Å². The summed E-state index contributed by atoms with van der Waals surface area (Å²) < 4.78 is 29.9. The number of benzene rings is 1. The summed E-state index contributed by atoms with van der Waals surface area (Å²) in [5.41, 5.74) is 1.25. The van der Waals surface area contributed by atoms with Crippen molar-refractivity contribution in [3.05, 3.63) is 29.8 Å². The maximum absolute atomic E-state index is 11.1. The highest BCUT2D eigenvalue weighted by Gasteiger charge is 2.23. The van der Waals surface area contributed by atoms with Crippen molar-refractivity contribution in [1.29, 1.82) is 0 Å². The molecule has 1 aliphatic heterocycles. The van der Waals surface area contributed by atoms with Crippen LogP contribution in [-0.2, 0) is 10.0 Å². The third kappa shape index (κ3) is 7.65. The van der Waals surface area contributed by atoms with Crippen LogP contribution in [-0.4, -0.2) is 72.4 Å². The monoisotopic (exact) mass is 411 g/mol. The Bertz CT molecular complexity index is 716. The van der Waals surface area contributed by atoms with Crippen LogP contribution in [0.4, 0.5) is 0 Å². The molecule has 28 heavy (non-hydrogen) atoms. The summed E-state index contributed by atoms with van der Waals surface area (Å²) in [5.74, 6) is 1.58. The Hall–Kier alpha value is -1.84. The molecule has 0 radical (unpaired) electrons. The van der Waals surface area contributed by atoms with Gasteiger partial charge < -0.3 is 15.4 Å². The molecular formula is C19H33N5O3S. The molecule has 1 unspecified atom stereocenters. The number of guanidine groups is 1. The van der Waals surface area contributed by atoms with Crippen LogP contribution in [0.5, 0.6) is 5.75 Å². The molecule has 0 aromatic heterocycles. The molecule has 1 aromatic rings. The van der Waals surface area contributed by atoms with Crippen LogP contribution < -0.4 is 20.1 Å². The van der Waals surface area contributed by atoms with Gasteiger partial charge in [-0.15, -0.1) is 0 Å². The Morgan fingerprint density at radius 3 is 2.43 bits per heavy atom. The van der Waals surface area contributed by atoms with Gasteiger partial charge in [-0.3, -0.25) is 9.89 Å². The van der Waals surface area contributed by atoms with E-state index in [1.807, 2.05) is 12.1 Å². The van der Waals surface area contributed by atoms with Gasteiger partial charge in [-0.05, 0) is 50.0 Å². The summed E-state index contributed by atoms with van der Waals surface area (Å²) in [7, 11) is 0.279. The SMILES string of the molecule is CN=C(NCCCNS(C)(=O)=O)NCC(c1ccc(OC)cc1)N1CCCC1. The minimum atomic E-state index is -3.14. The molecule has 0 saturated carbocycles. The quantitative estimate of drug-likeness (QED) is 0.301. The molecule has 1 fully saturated rings. The summed E-state index contributed by atoms with van der Waals surface area (Å²) in [6, 6.07) is 8.51. The number of hydrogen-bond donors (Lipinski definition) is 3. The Labute approximate surface area is 168 Å². The molecule has 0 amide bonds. The molecule has 9 heteroatoms. The standard InChI is InChI=1S/C19H33N5O3S/c1-20-19(21-11-6-12-23-28(3,25)26)22-15-18(24-13-4-5-14-24)16-7-9-17(27-2)10-8-16/h7-10,18,23H,4-6,11-15H2,1-3H3,(H2,20,21,22). The second kappa shape index (κ2) is 11.2. The van der Waals surface area contributed by atoms with Gasteiger partial charge in [0.2, 0.25) is 10.0 Å². The normalized spacial score (nSPS) is 16.8. The topological polar surface area (TPSA) is 95.1 Å². The van der Waals surface area contributed by atoms with E-state index in [-0.39, 0.29) is 6.04 Å². The summed E-state index contributed by atoms with van der Waals surface area (Å²) in [6.45, 7) is 3.99. The number of methoxy groups -OCH3 is 1. The highest BCUT2D eigenvalue weighted by molar-refractivity contribution is 7.88. The van der Waals surface area contributed by atoms with Gasteiger partial charge in [0.1, 0.15) is 5.75 Å². The number of sulfonamides is 1. The fraction of sp³-hybridized carbons (Fsp3) is 0.632. The van der Waals surface area contributed by atoms with Crippen molar-refractivity contribution >= 4 is 16.0 Å². The molecule has 2 rings (SSSR count). The summed E-state index contributed by atoms with van der Waals surface area (Å²) >= 11 is 0. The predicted octanol–water partition coefficient (Wildman–Crippen LogP) is 0.936. The lowest BCUT2D eigenvalue weighted by molar-refractivity contribution is 0.245. The van der Waals surface area contributed by atoms with Gasteiger partial charge in [-0.1, -0.05) is 12.1 Å². The van der Waals surface area contributed by atoms with Crippen molar-refractivity contribution in [2.75, 3.05) is 53.1 Å². The zero-order valence-electron chi connectivity index (χ0n) is 17.1. The predicted molar refractivity (Wildman–Crippen MR) is 113 cm³/mol. The number of rotatable bonds is 10. The minimum Gasteiger partial charge on any atom is -0.497 e. The van der Waals surface area contributed by atoms with E-state index in [0.717, 1.165) is 31.3 Å². The van der Waals surface area contributed by atoms with Gasteiger partial charge in [0.15, 0.2) is 5.96 Å². The maximum Gasteiger partial charge on any atom is 0.208 e. The van der Waals surface area contributed by atoms with E-state index in [1.54, 1.807) is 14.2 Å². The molecule has 1 saturated heterocycles. The van der Waals surface area contributed by atoms with Crippen molar-refractivity contribution in [2.24, 2.45) is 4.99 Å². The Morgan fingerprint density at radius 1 is 1.18 bits per heavy atom. The van der Waals surface area contributed by atoms with Crippen LogP contribution in [0.15, 0.2) is 29.3 Å². The van der Waals surface area contributed by atoms with Crippen LogP contribution in [0.2, 0.25) is 0 Å². The number of ether oxygens (including phenoxy) is 1. The average Bonchev–Trinajstić information content (AvgIpc) is 3.20. The minimum absolute atomic E-state index is 0.263. The van der Waals surface area contributed by atoms with Crippen molar-refractivity contribution in [3.8, 4) is 5.75 Å². The number of nitrogens with one attached hydrogen (secondary N) is 3. The smallest absolute Gasteiger partial charge is 0.208 e.